The molecule has 0 bridgehead atoms. The minimum atomic E-state index is -0.718. The van der Waals surface area contributed by atoms with Gasteiger partial charge in [0.1, 0.15) is 23.5 Å². The minimum absolute atomic E-state index is 0.119. The van der Waals surface area contributed by atoms with Crippen LogP contribution in [-0.4, -0.2) is 24.1 Å². The number of benzene rings is 2. The van der Waals surface area contributed by atoms with E-state index in [0.29, 0.717) is 23.6 Å². The molecule has 0 saturated heterocycles. The molecule has 138 valence electrons. The summed E-state index contributed by atoms with van der Waals surface area (Å²) in [7, 11) is 0. The predicted octanol–water partition coefficient (Wildman–Crippen LogP) is 5.97. The van der Waals surface area contributed by atoms with E-state index in [0.717, 1.165) is 4.48 Å². The van der Waals surface area contributed by atoms with Crippen LogP contribution in [0.4, 0.5) is 14.5 Å². The molecule has 0 amide bonds. The van der Waals surface area contributed by atoms with E-state index in [-0.39, 0.29) is 21.3 Å². The molecule has 27 heavy (non-hydrogen) atoms. The first-order chi connectivity index (χ1) is 12.9. The summed E-state index contributed by atoms with van der Waals surface area (Å²) in [6.45, 7) is 2.32. The van der Waals surface area contributed by atoms with Crippen molar-refractivity contribution >= 4 is 56.4 Å². The van der Waals surface area contributed by atoms with Gasteiger partial charge in [0.2, 0.25) is 0 Å². The first-order valence-corrected chi connectivity index (χ1v) is 9.63. The summed E-state index contributed by atoms with van der Waals surface area (Å²) < 4.78 is 30.0. The van der Waals surface area contributed by atoms with Crippen LogP contribution in [0.1, 0.15) is 18.1 Å². The molecular formula is C19H12BrCl2F2N3. The maximum atomic E-state index is 14.6. The molecule has 4 rings (SSSR count). The molecular weight excluding hydrogens is 459 g/mol. The lowest BCUT2D eigenvalue weighted by molar-refractivity contribution is 0.579. The average Bonchev–Trinajstić information content (AvgIpc) is 2.73. The average molecular weight is 471 g/mol. The lowest BCUT2D eigenvalue weighted by atomic mass is 9.99. The van der Waals surface area contributed by atoms with Gasteiger partial charge in [-0.2, -0.15) is 0 Å². The van der Waals surface area contributed by atoms with E-state index in [2.05, 4.69) is 25.9 Å². The summed E-state index contributed by atoms with van der Waals surface area (Å²) in [5.74, 6) is -0.780. The molecule has 2 aromatic rings. The van der Waals surface area contributed by atoms with Crippen molar-refractivity contribution in [3.8, 4) is 0 Å². The molecule has 3 nitrogen and oxygen atoms in total. The molecule has 0 radical (unpaired) electrons. The van der Waals surface area contributed by atoms with Crippen LogP contribution in [0.5, 0.6) is 0 Å². The second kappa shape index (κ2) is 7.00. The van der Waals surface area contributed by atoms with Gasteiger partial charge in [0.05, 0.1) is 33.6 Å². The van der Waals surface area contributed by atoms with Gasteiger partial charge in [0, 0.05) is 16.2 Å². The van der Waals surface area contributed by atoms with Crippen molar-refractivity contribution < 1.29 is 8.78 Å². The molecule has 2 aliphatic heterocycles. The summed E-state index contributed by atoms with van der Waals surface area (Å²) in [4.78, 5) is 11.0. The highest BCUT2D eigenvalue weighted by molar-refractivity contribution is 9.11. The van der Waals surface area contributed by atoms with Gasteiger partial charge in [-0.1, -0.05) is 45.2 Å². The Morgan fingerprint density at radius 2 is 1.81 bits per heavy atom. The number of hydrogen-bond acceptors (Lipinski definition) is 3. The van der Waals surface area contributed by atoms with E-state index < -0.39 is 17.7 Å². The summed E-state index contributed by atoms with van der Waals surface area (Å²) in [5, 5.41) is 0.467. The Balaban J connectivity index is 2.07. The molecule has 1 atom stereocenters. The van der Waals surface area contributed by atoms with Gasteiger partial charge in [-0.15, -0.1) is 0 Å². The standard InChI is InChI=1S/C19H12BrCl2F2N3/c1-9-19-25-7-10(20)8-27(19)14-6-5-11(21)17(22)16(14)18(26-9)15-12(23)3-2-4-13(15)24/h2-7,9H,8H2,1H3. The monoisotopic (exact) mass is 469 g/mol. The molecule has 1 unspecified atom stereocenters. The Morgan fingerprint density at radius 3 is 2.52 bits per heavy atom. The third kappa shape index (κ3) is 3.10. The third-order valence-corrected chi connectivity index (χ3v) is 5.68. The van der Waals surface area contributed by atoms with Crippen LogP contribution in [0, 0.1) is 11.6 Å². The van der Waals surface area contributed by atoms with Gasteiger partial charge >= 0.3 is 0 Å². The van der Waals surface area contributed by atoms with Crippen molar-refractivity contribution in [1.82, 2.24) is 0 Å². The number of fused-ring (bicyclic) bond motifs is 3. The number of nitrogens with zero attached hydrogens (tertiary/aromatic N) is 3. The van der Waals surface area contributed by atoms with Gasteiger partial charge in [0.25, 0.3) is 0 Å². The van der Waals surface area contributed by atoms with Crippen LogP contribution in [-0.2, 0) is 0 Å². The smallest absolute Gasteiger partial charge is 0.135 e. The Labute approximate surface area is 173 Å². The molecule has 0 aromatic heterocycles. The Hall–Kier alpha value is -1.76. The van der Waals surface area contributed by atoms with E-state index in [9.17, 15) is 8.78 Å². The lowest BCUT2D eigenvalue weighted by Crippen LogP contribution is -2.39. The highest BCUT2D eigenvalue weighted by atomic mass is 79.9. The molecule has 8 heteroatoms. The van der Waals surface area contributed by atoms with Gasteiger partial charge in [-0.3, -0.25) is 4.99 Å². The first kappa shape index (κ1) is 18.6. The fraction of sp³-hybridized carbons (Fsp3) is 0.158. The number of rotatable bonds is 1. The third-order valence-electron chi connectivity index (χ3n) is 4.42. The molecule has 2 aliphatic rings. The van der Waals surface area contributed by atoms with E-state index in [1.165, 1.54) is 18.2 Å². The van der Waals surface area contributed by atoms with Gasteiger partial charge < -0.3 is 4.90 Å². The van der Waals surface area contributed by atoms with E-state index >= 15 is 0 Å². The molecule has 0 N–H and O–H groups in total. The number of halogens is 5. The molecule has 0 fully saturated rings. The second-order valence-electron chi connectivity index (χ2n) is 6.16. The first-order valence-electron chi connectivity index (χ1n) is 8.08. The normalized spacial score (nSPS) is 18.8. The number of amidine groups is 1. The predicted molar refractivity (Wildman–Crippen MR) is 110 cm³/mol. The Kier molecular flexibility index (Phi) is 4.82. The van der Waals surface area contributed by atoms with Crippen molar-refractivity contribution in [1.29, 1.82) is 0 Å². The molecule has 0 spiro atoms. The number of aliphatic imine (C=N–C) groups is 2. The Morgan fingerprint density at radius 1 is 1.11 bits per heavy atom. The van der Waals surface area contributed by atoms with Crippen LogP contribution in [0.3, 0.4) is 0 Å². The van der Waals surface area contributed by atoms with Crippen LogP contribution < -0.4 is 4.90 Å². The minimum Gasteiger partial charge on any atom is -0.322 e. The highest BCUT2D eigenvalue weighted by Gasteiger charge is 2.33. The van der Waals surface area contributed by atoms with Crippen LogP contribution in [0.15, 0.2) is 51.0 Å². The number of anilines is 1. The topological polar surface area (TPSA) is 28.0 Å². The molecule has 0 saturated carbocycles. The maximum absolute atomic E-state index is 14.6. The fourth-order valence-electron chi connectivity index (χ4n) is 3.24. The van der Waals surface area contributed by atoms with Crippen molar-refractivity contribution in [2.75, 3.05) is 11.4 Å². The van der Waals surface area contributed by atoms with Crippen molar-refractivity contribution in [2.24, 2.45) is 9.98 Å². The largest absolute Gasteiger partial charge is 0.322 e. The van der Waals surface area contributed by atoms with Crippen LogP contribution >= 0.6 is 39.1 Å². The van der Waals surface area contributed by atoms with E-state index in [1.807, 2.05) is 11.8 Å². The van der Waals surface area contributed by atoms with Crippen LogP contribution in [0.25, 0.3) is 0 Å². The Bertz CT molecular complexity index is 1030. The quantitative estimate of drug-likeness (QED) is 0.504. The zero-order valence-electron chi connectivity index (χ0n) is 14.0. The highest BCUT2D eigenvalue weighted by Crippen LogP contribution is 2.40. The van der Waals surface area contributed by atoms with Crippen molar-refractivity contribution in [2.45, 2.75) is 13.0 Å². The molecule has 2 aromatic carbocycles. The summed E-state index contributed by atoms with van der Waals surface area (Å²) in [5.41, 5.74) is 0.905. The van der Waals surface area contributed by atoms with Crippen LogP contribution in [0.2, 0.25) is 10.0 Å². The van der Waals surface area contributed by atoms with E-state index in [4.69, 9.17) is 23.2 Å². The summed E-state index contributed by atoms with van der Waals surface area (Å²) >= 11 is 16.2. The SMILES string of the molecule is CC1N=C(c2c(F)cccc2F)c2c(ccc(Cl)c2Cl)N2CC(Br)=CN=C12. The molecule has 2 heterocycles. The summed E-state index contributed by atoms with van der Waals surface area (Å²) in [6, 6.07) is 6.66. The lowest BCUT2D eigenvalue weighted by Gasteiger charge is -2.30. The maximum Gasteiger partial charge on any atom is 0.135 e. The zero-order chi connectivity index (χ0) is 19.3. The number of hydrogen-bond donors (Lipinski definition) is 0. The van der Waals surface area contributed by atoms with Crippen molar-refractivity contribution in [3.05, 3.63) is 73.8 Å². The second-order valence-corrected chi connectivity index (χ2v) is 7.96. The van der Waals surface area contributed by atoms with Gasteiger partial charge in [0.15, 0.2) is 0 Å². The summed E-state index contributed by atoms with van der Waals surface area (Å²) in [6.07, 6.45) is 1.70. The van der Waals surface area contributed by atoms with E-state index in [1.54, 1.807) is 18.3 Å². The fourth-order valence-corrected chi connectivity index (χ4v) is 4.00. The molecule has 0 aliphatic carbocycles. The van der Waals surface area contributed by atoms with Crippen molar-refractivity contribution in [3.63, 3.8) is 0 Å². The van der Waals surface area contributed by atoms with Gasteiger partial charge in [-0.05, 0) is 31.2 Å². The zero-order valence-corrected chi connectivity index (χ0v) is 17.1. The van der Waals surface area contributed by atoms with Gasteiger partial charge in [-0.25, -0.2) is 13.8 Å².